The summed E-state index contributed by atoms with van der Waals surface area (Å²) in [4.78, 5) is 0. The molecule has 0 fully saturated rings. The molecule has 1 heteroatoms. The van der Waals surface area contributed by atoms with E-state index in [1.165, 1.54) is 5.57 Å². The summed E-state index contributed by atoms with van der Waals surface area (Å²) in [5.41, 5.74) is 2.15. The molecule has 0 aromatic rings. The van der Waals surface area contributed by atoms with E-state index >= 15 is 0 Å². The molecule has 12 heavy (non-hydrogen) atoms. The first-order valence-electron chi connectivity index (χ1n) is 4.80. The first kappa shape index (κ1) is 11.4. The molecule has 0 aromatic carbocycles. The summed E-state index contributed by atoms with van der Waals surface area (Å²) in [7, 11) is 0. The highest BCUT2D eigenvalue weighted by Crippen LogP contribution is 2.27. The molecule has 0 aliphatic heterocycles. The van der Waals surface area contributed by atoms with E-state index < -0.39 is 0 Å². The molecule has 0 atom stereocenters. The predicted molar refractivity (Wildman–Crippen MR) is 52.8 cm³/mol. The highest BCUT2D eigenvalue weighted by molar-refractivity contribution is 5.32. The number of halogens is 1. The van der Waals surface area contributed by atoms with Crippen LogP contribution in [0.25, 0.3) is 0 Å². The Hall–Kier alpha value is -0.590. The van der Waals surface area contributed by atoms with Gasteiger partial charge in [-0.3, -0.25) is 0 Å². The first-order chi connectivity index (χ1) is 5.75. The highest BCUT2D eigenvalue weighted by atomic mass is 19.1. The van der Waals surface area contributed by atoms with Crippen molar-refractivity contribution >= 4 is 0 Å². The summed E-state index contributed by atoms with van der Waals surface area (Å²) in [6.07, 6.45) is 4.43. The van der Waals surface area contributed by atoms with Crippen molar-refractivity contribution in [2.75, 3.05) is 0 Å². The van der Waals surface area contributed by atoms with Gasteiger partial charge in [0.05, 0.1) is 0 Å². The molecule has 0 spiro atoms. The summed E-state index contributed by atoms with van der Waals surface area (Å²) in [5.74, 6) is 0.00579. The van der Waals surface area contributed by atoms with Gasteiger partial charge in [-0.1, -0.05) is 26.3 Å². The molecule has 1 aliphatic carbocycles. The predicted octanol–water partition coefficient (Wildman–Crippen LogP) is 4.39. The van der Waals surface area contributed by atoms with E-state index in [2.05, 4.69) is 0 Å². The molecule has 0 unspecified atom stereocenters. The Morgan fingerprint density at radius 2 is 2.00 bits per heavy atom. The zero-order chi connectivity index (χ0) is 9.56. The van der Waals surface area contributed by atoms with Gasteiger partial charge < -0.3 is 0 Å². The third-order valence-electron chi connectivity index (χ3n) is 2.00. The van der Waals surface area contributed by atoms with Crippen molar-refractivity contribution in [1.29, 1.82) is 0 Å². The molecule has 0 bridgehead atoms. The molecular formula is C11H19F. The Labute approximate surface area is 75.2 Å². The van der Waals surface area contributed by atoms with Crippen LogP contribution in [-0.2, 0) is 0 Å². The van der Waals surface area contributed by atoms with E-state index in [0.717, 1.165) is 24.8 Å². The van der Waals surface area contributed by atoms with Gasteiger partial charge in [0.15, 0.2) is 0 Å². The summed E-state index contributed by atoms with van der Waals surface area (Å²) in [6.45, 7) is 8.02. The molecular weight excluding hydrogens is 151 g/mol. The van der Waals surface area contributed by atoms with Crippen LogP contribution < -0.4 is 0 Å². The smallest absolute Gasteiger partial charge is 0.122 e. The van der Waals surface area contributed by atoms with Crippen LogP contribution >= 0.6 is 0 Å². The van der Waals surface area contributed by atoms with Crippen molar-refractivity contribution in [3.05, 3.63) is 23.0 Å². The minimum atomic E-state index is 0.00579. The summed E-state index contributed by atoms with van der Waals surface area (Å²) in [5, 5.41) is 0. The number of rotatable bonds is 1. The lowest BCUT2D eigenvalue weighted by Gasteiger charge is -2.12. The second-order valence-corrected chi connectivity index (χ2v) is 2.70. The largest absolute Gasteiger partial charge is 0.207 e. The topological polar surface area (TPSA) is 0 Å². The van der Waals surface area contributed by atoms with E-state index in [-0.39, 0.29) is 5.83 Å². The average Bonchev–Trinajstić information content (AvgIpc) is 2.08. The minimum absolute atomic E-state index is 0.00579. The molecule has 70 valence electrons. The van der Waals surface area contributed by atoms with Crippen molar-refractivity contribution in [2.45, 2.75) is 47.0 Å². The van der Waals surface area contributed by atoms with Gasteiger partial charge in [-0.05, 0) is 37.8 Å². The Morgan fingerprint density at radius 1 is 1.42 bits per heavy atom. The Kier molecular flexibility index (Phi) is 5.69. The van der Waals surface area contributed by atoms with Crippen LogP contribution in [-0.4, -0.2) is 0 Å². The maximum Gasteiger partial charge on any atom is 0.122 e. The van der Waals surface area contributed by atoms with Crippen LogP contribution in [0.3, 0.4) is 0 Å². The first-order valence-corrected chi connectivity index (χ1v) is 4.80. The van der Waals surface area contributed by atoms with Crippen LogP contribution in [0.15, 0.2) is 23.0 Å². The van der Waals surface area contributed by atoms with Gasteiger partial charge in [0.2, 0.25) is 0 Å². The second kappa shape index (κ2) is 5.99. The van der Waals surface area contributed by atoms with E-state index in [4.69, 9.17) is 0 Å². The van der Waals surface area contributed by atoms with E-state index in [9.17, 15) is 4.39 Å². The Balaban J connectivity index is 0.000000561. The van der Waals surface area contributed by atoms with Gasteiger partial charge >= 0.3 is 0 Å². The van der Waals surface area contributed by atoms with Gasteiger partial charge in [-0.15, -0.1) is 0 Å². The number of hydrogen-bond donors (Lipinski definition) is 0. The van der Waals surface area contributed by atoms with Crippen molar-refractivity contribution in [1.82, 2.24) is 0 Å². The highest BCUT2D eigenvalue weighted by Gasteiger charge is 2.09. The monoisotopic (exact) mass is 170 g/mol. The summed E-state index contributed by atoms with van der Waals surface area (Å²) < 4.78 is 12.9. The fourth-order valence-electron chi connectivity index (χ4n) is 1.36. The van der Waals surface area contributed by atoms with Crippen LogP contribution in [0.5, 0.6) is 0 Å². The zero-order valence-electron chi connectivity index (χ0n) is 8.58. The van der Waals surface area contributed by atoms with Gasteiger partial charge in [-0.2, -0.15) is 0 Å². The maximum absolute atomic E-state index is 12.9. The Morgan fingerprint density at radius 3 is 2.33 bits per heavy atom. The SMILES string of the molecule is CC.CCC1=C(C)CCC=C1F. The lowest BCUT2D eigenvalue weighted by atomic mass is 9.96. The van der Waals surface area contributed by atoms with E-state index in [0.29, 0.717) is 0 Å². The fraction of sp³-hybridized carbons (Fsp3) is 0.636. The molecule has 0 saturated heterocycles. The zero-order valence-corrected chi connectivity index (χ0v) is 8.58. The standard InChI is InChI=1S/C9H13F.C2H6/c1-3-8-7(2)5-4-6-9(8)10;1-2/h6H,3-5H2,1-2H3;1-2H3. The number of hydrogen-bond acceptors (Lipinski definition) is 0. The second-order valence-electron chi connectivity index (χ2n) is 2.70. The summed E-state index contributed by atoms with van der Waals surface area (Å²) in [6, 6.07) is 0. The van der Waals surface area contributed by atoms with Crippen molar-refractivity contribution in [2.24, 2.45) is 0 Å². The molecule has 1 aliphatic rings. The van der Waals surface area contributed by atoms with Crippen molar-refractivity contribution in [3.8, 4) is 0 Å². The van der Waals surface area contributed by atoms with Crippen LogP contribution in [0.1, 0.15) is 47.0 Å². The molecule has 1 rings (SSSR count). The molecule has 0 aromatic heterocycles. The van der Waals surface area contributed by atoms with Crippen LogP contribution in [0.4, 0.5) is 4.39 Å². The third kappa shape index (κ3) is 2.80. The van der Waals surface area contributed by atoms with Crippen LogP contribution in [0.2, 0.25) is 0 Å². The number of allylic oxidation sites excluding steroid dienone is 4. The van der Waals surface area contributed by atoms with E-state index in [1.807, 2.05) is 27.7 Å². The molecule has 0 radical (unpaired) electrons. The molecule has 0 nitrogen and oxygen atoms in total. The quantitative estimate of drug-likeness (QED) is 0.547. The van der Waals surface area contributed by atoms with Crippen molar-refractivity contribution < 1.29 is 4.39 Å². The lowest BCUT2D eigenvalue weighted by Crippen LogP contribution is -1.94. The minimum Gasteiger partial charge on any atom is -0.207 e. The molecule has 0 saturated carbocycles. The molecule has 0 N–H and O–H groups in total. The summed E-state index contributed by atoms with van der Waals surface area (Å²) >= 11 is 0. The lowest BCUT2D eigenvalue weighted by molar-refractivity contribution is 0.619. The van der Waals surface area contributed by atoms with Gasteiger partial charge in [0.1, 0.15) is 5.83 Å². The average molecular weight is 170 g/mol. The van der Waals surface area contributed by atoms with Gasteiger partial charge in [0.25, 0.3) is 0 Å². The molecule has 0 amide bonds. The normalized spacial score (nSPS) is 16.6. The maximum atomic E-state index is 12.9. The fourth-order valence-corrected chi connectivity index (χ4v) is 1.36. The van der Waals surface area contributed by atoms with Crippen molar-refractivity contribution in [3.63, 3.8) is 0 Å². The molecule has 0 heterocycles. The van der Waals surface area contributed by atoms with Crippen LogP contribution in [0, 0.1) is 0 Å². The Bertz CT molecular complexity index is 187. The third-order valence-corrected chi connectivity index (χ3v) is 2.00. The van der Waals surface area contributed by atoms with Gasteiger partial charge in [-0.25, -0.2) is 4.39 Å². The van der Waals surface area contributed by atoms with E-state index in [1.54, 1.807) is 6.08 Å². The van der Waals surface area contributed by atoms with Gasteiger partial charge in [0, 0.05) is 0 Å².